The fourth-order valence-corrected chi connectivity index (χ4v) is 3.20. The van der Waals surface area contributed by atoms with Gasteiger partial charge in [0.25, 0.3) is 0 Å². The SMILES string of the molecule is COc1cc(F)cc(F)c1CNc1c(F)cc(-c2cccnc2C)c2nncn12. The van der Waals surface area contributed by atoms with Crippen molar-refractivity contribution in [3.05, 3.63) is 71.6 Å². The molecular weight excluding hydrogens is 383 g/mol. The standard InChI is InChI=1S/C20H16F3N5O/c1-11-13(4-3-5-24-11)14-8-17(23)20(28-10-26-27-19(14)28)25-9-15-16(22)6-12(21)7-18(15)29-2/h3-8,10,25H,9H2,1-2H3. The van der Waals surface area contributed by atoms with Gasteiger partial charge in [-0.25, -0.2) is 13.2 Å². The van der Waals surface area contributed by atoms with Crippen LogP contribution >= 0.6 is 0 Å². The fourth-order valence-electron chi connectivity index (χ4n) is 3.20. The average molecular weight is 399 g/mol. The Balaban J connectivity index is 1.76. The molecule has 1 aromatic carbocycles. The highest BCUT2D eigenvalue weighted by atomic mass is 19.1. The molecule has 0 aliphatic carbocycles. The molecule has 0 unspecified atom stereocenters. The van der Waals surface area contributed by atoms with Crippen LogP contribution in [-0.2, 0) is 6.54 Å². The van der Waals surface area contributed by atoms with Crippen LogP contribution in [0.1, 0.15) is 11.3 Å². The van der Waals surface area contributed by atoms with Crippen LogP contribution in [0.5, 0.6) is 5.75 Å². The number of aromatic nitrogens is 4. The number of hydrogen-bond donors (Lipinski definition) is 1. The molecule has 0 radical (unpaired) electrons. The zero-order valence-electron chi connectivity index (χ0n) is 15.6. The Labute approximate surface area is 164 Å². The number of nitrogens with zero attached hydrogens (tertiary/aromatic N) is 4. The molecule has 6 nitrogen and oxygen atoms in total. The van der Waals surface area contributed by atoms with Crippen LogP contribution in [0.2, 0.25) is 0 Å². The lowest BCUT2D eigenvalue weighted by atomic mass is 10.1. The molecule has 0 saturated heterocycles. The predicted octanol–water partition coefficient (Wildman–Crippen LogP) is 4.14. The van der Waals surface area contributed by atoms with E-state index in [1.54, 1.807) is 12.3 Å². The molecule has 3 aromatic heterocycles. The Bertz CT molecular complexity index is 1210. The van der Waals surface area contributed by atoms with Gasteiger partial charge in [0, 0.05) is 47.3 Å². The van der Waals surface area contributed by atoms with Gasteiger partial charge < -0.3 is 10.1 Å². The van der Waals surface area contributed by atoms with Gasteiger partial charge in [0.1, 0.15) is 29.5 Å². The fraction of sp³-hybridized carbons (Fsp3) is 0.150. The first-order valence-electron chi connectivity index (χ1n) is 8.69. The minimum atomic E-state index is -0.794. The van der Waals surface area contributed by atoms with Gasteiger partial charge in [-0.1, -0.05) is 6.07 Å². The summed E-state index contributed by atoms with van der Waals surface area (Å²) in [5, 5.41) is 10.8. The molecule has 3 heterocycles. The third kappa shape index (κ3) is 3.35. The Morgan fingerprint density at radius 2 is 1.93 bits per heavy atom. The highest BCUT2D eigenvalue weighted by Crippen LogP contribution is 2.31. The van der Waals surface area contributed by atoms with Gasteiger partial charge in [0.05, 0.1) is 7.11 Å². The van der Waals surface area contributed by atoms with Crippen molar-refractivity contribution in [3.63, 3.8) is 0 Å². The largest absolute Gasteiger partial charge is 0.496 e. The molecule has 29 heavy (non-hydrogen) atoms. The second-order valence-electron chi connectivity index (χ2n) is 6.34. The van der Waals surface area contributed by atoms with Crippen LogP contribution in [0.25, 0.3) is 16.8 Å². The Hall–Kier alpha value is -3.62. The van der Waals surface area contributed by atoms with E-state index in [4.69, 9.17) is 4.74 Å². The molecule has 0 saturated carbocycles. The first-order valence-corrected chi connectivity index (χ1v) is 8.69. The molecule has 0 amide bonds. The predicted molar refractivity (Wildman–Crippen MR) is 101 cm³/mol. The number of rotatable bonds is 5. The van der Waals surface area contributed by atoms with E-state index in [2.05, 4.69) is 20.5 Å². The average Bonchev–Trinajstić information content (AvgIpc) is 3.18. The van der Waals surface area contributed by atoms with Gasteiger partial charge in [-0.05, 0) is 19.1 Å². The molecular formula is C20H16F3N5O. The number of pyridine rings is 2. The summed E-state index contributed by atoms with van der Waals surface area (Å²) in [6, 6.07) is 6.72. The quantitative estimate of drug-likeness (QED) is 0.547. The molecule has 0 bridgehead atoms. The Kier molecular flexibility index (Phi) is 4.79. The summed E-state index contributed by atoms with van der Waals surface area (Å²) < 4.78 is 49.0. The lowest BCUT2D eigenvalue weighted by molar-refractivity contribution is 0.400. The van der Waals surface area contributed by atoms with Crippen molar-refractivity contribution in [2.45, 2.75) is 13.5 Å². The van der Waals surface area contributed by atoms with Crippen LogP contribution in [0.15, 0.2) is 42.9 Å². The van der Waals surface area contributed by atoms with Gasteiger partial charge in [-0.3, -0.25) is 9.38 Å². The summed E-state index contributed by atoms with van der Waals surface area (Å²) in [5.41, 5.74) is 2.46. The first-order chi connectivity index (χ1) is 14.0. The van der Waals surface area contributed by atoms with Crippen LogP contribution in [0.4, 0.5) is 19.0 Å². The summed E-state index contributed by atoms with van der Waals surface area (Å²) in [6.07, 6.45) is 3.00. The van der Waals surface area contributed by atoms with E-state index in [0.717, 1.165) is 23.4 Å². The van der Waals surface area contributed by atoms with Gasteiger partial charge in [-0.15, -0.1) is 10.2 Å². The number of nitrogens with one attached hydrogen (secondary N) is 1. The highest BCUT2D eigenvalue weighted by molar-refractivity contribution is 5.80. The second kappa shape index (κ2) is 7.42. The van der Waals surface area contributed by atoms with Crippen molar-refractivity contribution >= 4 is 11.5 Å². The lowest BCUT2D eigenvalue weighted by Crippen LogP contribution is -2.10. The number of benzene rings is 1. The summed E-state index contributed by atoms with van der Waals surface area (Å²) in [6.45, 7) is 1.68. The van der Waals surface area contributed by atoms with E-state index in [0.29, 0.717) is 11.2 Å². The maximum atomic E-state index is 15.0. The van der Waals surface area contributed by atoms with Crippen LogP contribution < -0.4 is 10.1 Å². The number of hydrogen-bond acceptors (Lipinski definition) is 5. The van der Waals surface area contributed by atoms with Crippen LogP contribution in [0.3, 0.4) is 0 Å². The first kappa shape index (κ1) is 18.7. The topological polar surface area (TPSA) is 64.3 Å². The zero-order valence-corrected chi connectivity index (χ0v) is 15.6. The van der Waals surface area contributed by atoms with E-state index in [9.17, 15) is 13.2 Å². The van der Waals surface area contributed by atoms with E-state index in [1.807, 2.05) is 13.0 Å². The maximum absolute atomic E-state index is 15.0. The van der Waals surface area contributed by atoms with Gasteiger partial charge >= 0.3 is 0 Å². The molecule has 148 valence electrons. The third-order valence-corrected chi connectivity index (χ3v) is 4.60. The van der Waals surface area contributed by atoms with E-state index in [-0.39, 0.29) is 23.7 Å². The van der Waals surface area contributed by atoms with Crippen molar-refractivity contribution in [3.8, 4) is 16.9 Å². The molecule has 4 aromatic rings. The molecule has 0 fully saturated rings. The summed E-state index contributed by atoms with van der Waals surface area (Å²) in [4.78, 5) is 4.23. The van der Waals surface area contributed by atoms with Crippen molar-refractivity contribution in [1.82, 2.24) is 19.6 Å². The normalized spacial score (nSPS) is 11.1. The minimum Gasteiger partial charge on any atom is -0.496 e. The number of ether oxygens (including phenoxy) is 1. The van der Waals surface area contributed by atoms with Gasteiger partial charge in [-0.2, -0.15) is 0 Å². The van der Waals surface area contributed by atoms with Crippen LogP contribution in [-0.4, -0.2) is 26.7 Å². The molecule has 0 atom stereocenters. The van der Waals surface area contributed by atoms with Gasteiger partial charge in [0.15, 0.2) is 11.5 Å². The summed E-state index contributed by atoms with van der Waals surface area (Å²) >= 11 is 0. The summed E-state index contributed by atoms with van der Waals surface area (Å²) in [7, 11) is 1.31. The van der Waals surface area contributed by atoms with Gasteiger partial charge in [0.2, 0.25) is 0 Å². The molecule has 0 spiro atoms. The molecule has 9 heteroatoms. The lowest BCUT2D eigenvalue weighted by Gasteiger charge is -2.15. The van der Waals surface area contributed by atoms with Crippen LogP contribution in [0, 0.1) is 24.4 Å². The third-order valence-electron chi connectivity index (χ3n) is 4.60. The Morgan fingerprint density at radius 1 is 1.10 bits per heavy atom. The number of methoxy groups -OCH3 is 1. The number of aryl methyl sites for hydroxylation is 1. The van der Waals surface area contributed by atoms with E-state index in [1.165, 1.54) is 23.9 Å². The minimum absolute atomic E-state index is 0.0259. The number of fused-ring (bicyclic) bond motifs is 1. The highest BCUT2D eigenvalue weighted by Gasteiger charge is 2.18. The number of anilines is 1. The Morgan fingerprint density at radius 3 is 2.69 bits per heavy atom. The van der Waals surface area contributed by atoms with Crippen molar-refractivity contribution < 1.29 is 17.9 Å². The second-order valence-corrected chi connectivity index (χ2v) is 6.34. The molecule has 4 rings (SSSR count). The molecule has 1 N–H and O–H groups in total. The van der Waals surface area contributed by atoms with E-state index < -0.39 is 17.5 Å². The number of halogens is 3. The molecule has 0 aliphatic rings. The van der Waals surface area contributed by atoms with E-state index >= 15 is 0 Å². The zero-order chi connectivity index (χ0) is 20.5. The van der Waals surface area contributed by atoms with Crippen molar-refractivity contribution in [2.75, 3.05) is 12.4 Å². The summed E-state index contributed by atoms with van der Waals surface area (Å²) in [5.74, 6) is -2.07. The smallest absolute Gasteiger partial charge is 0.170 e. The maximum Gasteiger partial charge on any atom is 0.170 e. The monoisotopic (exact) mass is 399 g/mol. The van der Waals surface area contributed by atoms with Crippen molar-refractivity contribution in [1.29, 1.82) is 0 Å². The van der Waals surface area contributed by atoms with Crippen molar-refractivity contribution in [2.24, 2.45) is 0 Å². The molecule has 0 aliphatic heterocycles.